The molecule has 0 aromatic heterocycles. The standard InChI is InChI=1S/C9H8O3.HN3/c1-6(10)7-4-2-3-5-8(7)9(11)12;1-3-2/h2-5H,1H3,(H,11,12);1H. The molecule has 0 aliphatic carbocycles. The van der Waals surface area contributed by atoms with Crippen LogP contribution in [-0.4, -0.2) is 16.9 Å². The summed E-state index contributed by atoms with van der Waals surface area (Å²) in [6, 6.07) is 6.16. The number of benzene rings is 1. The van der Waals surface area contributed by atoms with E-state index in [-0.39, 0.29) is 16.9 Å². The molecule has 0 spiro atoms. The molecule has 0 radical (unpaired) electrons. The van der Waals surface area contributed by atoms with Gasteiger partial charge in [-0.2, -0.15) is 0 Å². The number of rotatable bonds is 2. The van der Waals surface area contributed by atoms with E-state index >= 15 is 0 Å². The van der Waals surface area contributed by atoms with Gasteiger partial charge < -0.3 is 5.11 Å². The van der Waals surface area contributed by atoms with Gasteiger partial charge >= 0.3 is 5.97 Å². The third kappa shape index (κ3) is 3.93. The molecule has 1 rings (SSSR count). The van der Waals surface area contributed by atoms with E-state index in [1.165, 1.54) is 19.1 Å². The van der Waals surface area contributed by atoms with Gasteiger partial charge in [0.2, 0.25) is 0 Å². The summed E-state index contributed by atoms with van der Waals surface area (Å²) in [4.78, 5) is 23.2. The molecule has 15 heavy (non-hydrogen) atoms. The maximum atomic E-state index is 10.9. The van der Waals surface area contributed by atoms with Crippen LogP contribution in [0.15, 0.2) is 24.3 Å². The third-order valence-corrected chi connectivity index (χ3v) is 1.54. The van der Waals surface area contributed by atoms with Crippen molar-refractivity contribution in [1.29, 1.82) is 5.53 Å². The first-order valence-electron chi connectivity index (χ1n) is 3.88. The number of nitrogens with one attached hydrogen (secondary N) is 1. The van der Waals surface area contributed by atoms with E-state index in [1.807, 2.05) is 0 Å². The van der Waals surface area contributed by atoms with Crippen LogP contribution in [0.1, 0.15) is 27.6 Å². The number of carbonyl (C=O) groups is 2. The lowest BCUT2D eigenvalue weighted by molar-refractivity contribution is 0.0692. The first-order chi connectivity index (χ1) is 7.04. The number of Topliss-reactive ketones (excluding diaryl/α,β-unsaturated/α-hetero) is 1. The maximum Gasteiger partial charge on any atom is 0.336 e. The van der Waals surface area contributed by atoms with Crippen LogP contribution < -0.4 is 0 Å². The minimum absolute atomic E-state index is 0.0602. The van der Waals surface area contributed by atoms with Crippen LogP contribution in [0.3, 0.4) is 0 Å². The second-order valence-corrected chi connectivity index (χ2v) is 2.51. The number of ketones is 1. The first kappa shape index (κ1) is 12.7. The van der Waals surface area contributed by atoms with Crippen molar-refractivity contribution in [3.05, 3.63) is 45.8 Å². The Bertz CT molecular complexity index is 376. The Morgan fingerprint density at radius 1 is 1.33 bits per heavy atom. The molecule has 0 aliphatic rings. The first-order valence-corrected chi connectivity index (χ1v) is 3.88. The molecule has 2 N–H and O–H groups in total. The van der Waals surface area contributed by atoms with Crippen molar-refractivity contribution in [2.45, 2.75) is 6.92 Å². The molecular formula is C9H9N3O3. The lowest BCUT2D eigenvalue weighted by Gasteiger charge is -1.99. The van der Waals surface area contributed by atoms with Gasteiger partial charge in [0, 0.05) is 5.56 Å². The number of hydrogen-bond donors (Lipinski definition) is 2. The van der Waals surface area contributed by atoms with Gasteiger partial charge in [0.15, 0.2) is 5.78 Å². The number of carboxylic acids is 1. The molecule has 0 atom stereocenters. The topological polar surface area (TPSA) is 115 Å². The minimum Gasteiger partial charge on any atom is -0.478 e. The van der Waals surface area contributed by atoms with Gasteiger partial charge in [0.05, 0.1) is 5.56 Å². The van der Waals surface area contributed by atoms with Crippen LogP contribution in [0.4, 0.5) is 0 Å². The molecule has 1 aromatic carbocycles. The molecule has 0 heterocycles. The van der Waals surface area contributed by atoms with Crippen molar-refractivity contribution >= 4 is 11.8 Å². The molecule has 0 fully saturated rings. The van der Waals surface area contributed by atoms with Crippen molar-refractivity contribution in [2.24, 2.45) is 0 Å². The van der Waals surface area contributed by atoms with E-state index in [4.69, 9.17) is 16.2 Å². The number of nitrogens with zero attached hydrogens (tertiary/aromatic N) is 2. The summed E-state index contributed by atoms with van der Waals surface area (Å²) >= 11 is 0. The number of hydrogen-bond acceptors (Lipinski definition) is 3. The number of carbonyl (C=O) groups excluding carboxylic acids is 1. The predicted molar refractivity (Wildman–Crippen MR) is 52.8 cm³/mol. The summed E-state index contributed by atoms with van der Waals surface area (Å²) in [5.41, 5.74) is 12.6. The highest BCUT2D eigenvalue weighted by Crippen LogP contribution is 2.08. The summed E-state index contributed by atoms with van der Waals surface area (Å²) in [6.07, 6.45) is 0. The van der Waals surface area contributed by atoms with Crippen LogP contribution in [0.2, 0.25) is 0 Å². The van der Waals surface area contributed by atoms with Crippen molar-refractivity contribution in [2.75, 3.05) is 0 Å². The second-order valence-electron chi connectivity index (χ2n) is 2.51. The fourth-order valence-electron chi connectivity index (χ4n) is 0.977. The molecule has 0 aliphatic heterocycles. The van der Waals surface area contributed by atoms with Gasteiger partial charge in [-0.3, -0.25) is 4.79 Å². The Balaban J connectivity index is 0.000000583. The van der Waals surface area contributed by atoms with Crippen molar-refractivity contribution in [3.63, 3.8) is 0 Å². The zero-order chi connectivity index (χ0) is 11.8. The summed E-state index contributed by atoms with van der Waals surface area (Å²) in [7, 11) is 0. The second kappa shape index (κ2) is 6.17. The fraction of sp³-hybridized carbons (Fsp3) is 0.111. The molecule has 0 saturated heterocycles. The highest BCUT2D eigenvalue weighted by molar-refractivity contribution is 6.04. The summed E-state index contributed by atoms with van der Waals surface area (Å²) < 4.78 is 0. The number of aromatic carboxylic acids is 1. The third-order valence-electron chi connectivity index (χ3n) is 1.54. The van der Waals surface area contributed by atoms with Crippen LogP contribution in [0.5, 0.6) is 0 Å². The van der Waals surface area contributed by atoms with Gasteiger partial charge in [0.1, 0.15) is 0 Å². The molecule has 78 valence electrons. The monoisotopic (exact) mass is 207 g/mol. The molecular weight excluding hydrogens is 198 g/mol. The van der Waals surface area contributed by atoms with Crippen LogP contribution in [-0.2, 0) is 0 Å². The quantitative estimate of drug-likeness (QED) is 0.336. The fourth-order valence-corrected chi connectivity index (χ4v) is 0.977. The average molecular weight is 207 g/mol. The summed E-state index contributed by atoms with van der Waals surface area (Å²) in [5.74, 6) is -1.30. The smallest absolute Gasteiger partial charge is 0.336 e. The van der Waals surface area contributed by atoms with Gasteiger partial charge in [-0.05, 0) is 23.4 Å². The Morgan fingerprint density at radius 3 is 2.00 bits per heavy atom. The zero-order valence-electron chi connectivity index (χ0n) is 7.97. The maximum absolute atomic E-state index is 10.9. The predicted octanol–water partition coefficient (Wildman–Crippen LogP) is 2.46. The molecule has 0 bridgehead atoms. The van der Waals surface area contributed by atoms with Gasteiger partial charge in [0.25, 0.3) is 0 Å². The molecule has 6 nitrogen and oxygen atoms in total. The largest absolute Gasteiger partial charge is 0.478 e. The normalized spacial score (nSPS) is 8.07. The Kier molecular flexibility index (Phi) is 5.21. The van der Waals surface area contributed by atoms with Crippen molar-refractivity contribution in [3.8, 4) is 0 Å². The number of carboxylic acid groups (broad SMARTS) is 1. The molecule has 0 saturated carbocycles. The van der Waals surface area contributed by atoms with E-state index in [0.29, 0.717) is 0 Å². The van der Waals surface area contributed by atoms with Gasteiger partial charge in [-0.15, -0.1) is 5.53 Å². The Hall–Kier alpha value is -2.33. The van der Waals surface area contributed by atoms with Crippen LogP contribution in [0.25, 0.3) is 10.4 Å². The highest BCUT2D eigenvalue weighted by Gasteiger charge is 2.11. The minimum atomic E-state index is -1.07. The SMILES string of the molecule is CC(=O)c1ccccc1C(=O)O.[N-]=[N+]=N. The molecule has 1 aromatic rings. The van der Waals surface area contributed by atoms with Crippen molar-refractivity contribution in [1.82, 2.24) is 0 Å². The lowest BCUT2D eigenvalue weighted by atomic mass is 10.1. The van der Waals surface area contributed by atoms with Gasteiger partial charge in [-0.25, -0.2) is 4.79 Å². The van der Waals surface area contributed by atoms with Crippen LogP contribution >= 0.6 is 0 Å². The summed E-state index contributed by atoms with van der Waals surface area (Å²) in [5, 5.41) is 8.66. The van der Waals surface area contributed by atoms with Gasteiger partial charge in [-0.1, -0.05) is 18.2 Å². The average Bonchev–Trinajstić information content (AvgIpc) is 2.19. The lowest BCUT2D eigenvalue weighted by Crippen LogP contribution is -2.05. The summed E-state index contributed by atoms with van der Waals surface area (Å²) in [6.45, 7) is 1.35. The molecule has 0 amide bonds. The Morgan fingerprint density at radius 2 is 1.73 bits per heavy atom. The highest BCUT2D eigenvalue weighted by atomic mass is 16.4. The Labute approximate surface area is 85.6 Å². The zero-order valence-corrected chi connectivity index (χ0v) is 7.97. The van der Waals surface area contributed by atoms with E-state index in [9.17, 15) is 9.59 Å². The van der Waals surface area contributed by atoms with Crippen molar-refractivity contribution < 1.29 is 14.7 Å². The van der Waals surface area contributed by atoms with E-state index < -0.39 is 5.97 Å². The molecule has 6 heteroatoms. The van der Waals surface area contributed by atoms with Crippen LogP contribution in [0, 0.1) is 5.53 Å². The van der Waals surface area contributed by atoms with E-state index in [1.54, 1.807) is 17.0 Å². The van der Waals surface area contributed by atoms with E-state index in [0.717, 1.165) is 0 Å². The molecule has 0 unspecified atom stereocenters. The van der Waals surface area contributed by atoms with E-state index in [2.05, 4.69) is 0 Å².